The summed E-state index contributed by atoms with van der Waals surface area (Å²) in [6.07, 6.45) is -0.853. The molecule has 216 valence electrons. The second-order valence-electron chi connectivity index (χ2n) is 10.5. The van der Waals surface area contributed by atoms with Gasteiger partial charge in [0.25, 0.3) is 5.91 Å². The zero-order valence-electron chi connectivity index (χ0n) is 22.6. The lowest BCUT2D eigenvalue weighted by molar-refractivity contribution is -0.137. The predicted molar refractivity (Wildman–Crippen MR) is 152 cm³/mol. The average molecular weight is 585 g/mol. The Hall–Kier alpha value is -3.47. The van der Waals surface area contributed by atoms with Gasteiger partial charge in [0, 0.05) is 37.1 Å². The molecule has 41 heavy (non-hydrogen) atoms. The monoisotopic (exact) mass is 584 g/mol. The molecule has 0 aliphatic carbocycles. The SMILES string of the molecule is CN(Cc1ccc(NC(=O)C2=Cc3cc(-c4ccc(C(F)(F)F)cc4)ccc3S(=O)(=O)CC2)cc1)C1CCOCC1. The fourth-order valence-corrected chi connectivity index (χ4v) is 6.68. The number of carbonyl (C=O) groups is 1. The number of anilines is 1. The quantitative estimate of drug-likeness (QED) is 0.375. The van der Waals surface area contributed by atoms with Crippen LogP contribution >= 0.6 is 0 Å². The van der Waals surface area contributed by atoms with Gasteiger partial charge in [0.1, 0.15) is 0 Å². The Morgan fingerprint density at radius 3 is 2.29 bits per heavy atom. The molecule has 0 aromatic heterocycles. The molecule has 0 saturated carbocycles. The average Bonchev–Trinajstić information content (AvgIpc) is 3.09. The number of alkyl halides is 3. The maximum absolute atomic E-state index is 13.2. The van der Waals surface area contributed by atoms with Gasteiger partial charge in [0.05, 0.1) is 16.2 Å². The molecule has 5 rings (SSSR count). The Bertz CT molecular complexity index is 1540. The molecule has 0 spiro atoms. The molecule has 6 nitrogen and oxygen atoms in total. The molecule has 10 heteroatoms. The van der Waals surface area contributed by atoms with E-state index in [-0.39, 0.29) is 17.1 Å². The standard InChI is InChI=1S/C31H31F3N2O4S/c1-36(28-12-15-40-16-13-28)20-21-2-9-27(10-3-21)35-30(37)24-14-17-41(38,39)29-11-6-23(18-25(29)19-24)22-4-7-26(8-5-22)31(32,33)34/h2-11,18-19,28H,12-17,20H2,1H3,(H,35,37). The Labute approximate surface area is 237 Å². The van der Waals surface area contributed by atoms with Crippen molar-refractivity contribution in [3.05, 3.63) is 89.0 Å². The van der Waals surface area contributed by atoms with Crippen LogP contribution in [0.2, 0.25) is 0 Å². The molecule has 2 aliphatic rings. The zero-order valence-corrected chi connectivity index (χ0v) is 23.4. The molecule has 0 radical (unpaired) electrons. The van der Waals surface area contributed by atoms with Gasteiger partial charge in [0.15, 0.2) is 9.84 Å². The molecule has 0 bridgehead atoms. The van der Waals surface area contributed by atoms with Crippen molar-refractivity contribution in [1.29, 1.82) is 0 Å². The molecule has 1 saturated heterocycles. The van der Waals surface area contributed by atoms with E-state index in [9.17, 15) is 26.4 Å². The number of hydrogen-bond acceptors (Lipinski definition) is 5. The third-order valence-corrected chi connectivity index (χ3v) is 9.39. The Morgan fingerprint density at radius 2 is 1.63 bits per heavy atom. The van der Waals surface area contributed by atoms with Crippen LogP contribution in [-0.4, -0.2) is 51.3 Å². The third kappa shape index (κ3) is 6.89. The van der Waals surface area contributed by atoms with Crippen LogP contribution in [-0.2, 0) is 32.1 Å². The Balaban J connectivity index is 1.33. The highest BCUT2D eigenvalue weighted by molar-refractivity contribution is 7.91. The maximum Gasteiger partial charge on any atom is 0.416 e. The summed E-state index contributed by atoms with van der Waals surface area (Å²) in [6, 6.07) is 17.3. The minimum Gasteiger partial charge on any atom is -0.381 e. The van der Waals surface area contributed by atoms with Gasteiger partial charge in [-0.15, -0.1) is 0 Å². The highest BCUT2D eigenvalue weighted by Gasteiger charge is 2.30. The molecule has 1 N–H and O–H groups in total. The topological polar surface area (TPSA) is 75.7 Å². The van der Waals surface area contributed by atoms with Crippen molar-refractivity contribution >= 4 is 27.5 Å². The minimum absolute atomic E-state index is 0.0342. The summed E-state index contributed by atoms with van der Waals surface area (Å²) in [6.45, 7) is 2.33. The first-order chi connectivity index (χ1) is 19.5. The van der Waals surface area contributed by atoms with Crippen molar-refractivity contribution in [3.8, 4) is 11.1 Å². The highest BCUT2D eigenvalue weighted by Crippen LogP contribution is 2.34. The number of ether oxygens (including phenoxy) is 1. The van der Waals surface area contributed by atoms with E-state index >= 15 is 0 Å². The Kier molecular flexibility index (Phi) is 8.35. The van der Waals surface area contributed by atoms with Gasteiger partial charge < -0.3 is 10.1 Å². The molecular weight excluding hydrogens is 553 g/mol. The molecule has 1 fully saturated rings. The van der Waals surface area contributed by atoms with E-state index < -0.39 is 27.5 Å². The van der Waals surface area contributed by atoms with Crippen LogP contribution in [0.3, 0.4) is 0 Å². The van der Waals surface area contributed by atoms with E-state index in [1.807, 2.05) is 24.3 Å². The van der Waals surface area contributed by atoms with Crippen molar-refractivity contribution in [1.82, 2.24) is 4.90 Å². The summed E-state index contributed by atoms with van der Waals surface area (Å²) in [7, 11) is -1.57. The van der Waals surface area contributed by atoms with Crippen molar-refractivity contribution < 1.29 is 31.1 Å². The van der Waals surface area contributed by atoms with E-state index in [1.54, 1.807) is 18.2 Å². The summed E-state index contributed by atoms with van der Waals surface area (Å²) >= 11 is 0. The predicted octanol–water partition coefficient (Wildman–Crippen LogP) is 6.18. The summed E-state index contributed by atoms with van der Waals surface area (Å²) in [5.41, 5.74) is 2.63. The molecule has 3 aromatic rings. The number of halogens is 3. The molecule has 0 unspecified atom stereocenters. The largest absolute Gasteiger partial charge is 0.416 e. The van der Waals surface area contributed by atoms with Gasteiger partial charge >= 0.3 is 6.18 Å². The van der Waals surface area contributed by atoms with Gasteiger partial charge in [-0.1, -0.05) is 30.3 Å². The van der Waals surface area contributed by atoms with Gasteiger partial charge in [-0.2, -0.15) is 13.2 Å². The summed E-state index contributed by atoms with van der Waals surface area (Å²) in [4.78, 5) is 15.6. The first-order valence-electron chi connectivity index (χ1n) is 13.4. The first-order valence-corrected chi connectivity index (χ1v) is 15.1. The second-order valence-corrected chi connectivity index (χ2v) is 12.6. The molecule has 1 amide bonds. The van der Waals surface area contributed by atoms with E-state index in [0.29, 0.717) is 34.0 Å². The van der Waals surface area contributed by atoms with Crippen LogP contribution in [0.5, 0.6) is 0 Å². The smallest absolute Gasteiger partial charge is 0.381 e. The van der Waals surface area contributed by atoms with Crippen molar-refractivity contribution in [3.63, 3.8) is 0 Å². The fourth-order valence-electron chi connectivity index (χ4n) is 5.22. The number of rotatable bonds is 6. The number of fused-ring (bicyclic) bond motifs is 1. The lowest BCUT2D eigenvalue weighted by Gasteiger charge is -2.31. The number of nitrogens with one attached hydrogen (secondary N) is 1. The van der Waals surface area contributed by atoms with E-state index in [2.05, 4.69) is 17.3 Å². The van der Waals surface area contributed by atoms with Crippen LogP contribution in [0.1, 0.15) is 36.0 Å². The maximum atomic E-state index is 13.2. The van der Waals surface area contributed by atoms with E-state index in [0.717, 1.165) is 50.3 Å². The molecule has 0 atom stereocenters. The van der Waals surface area contributed by atoms with Gasteiger partial charge in [-0.25, -0.2) is 8.42 Å². The Morgan fingerprint density at radius 1 is 0.976 bits per heavy atom. The number of nitrogens with zero attached hydrogens (tertiary/aromatic N) is 1. The van der Waals surface area contributed by atoms with Crippen molar-refractivity contribution in [2.45, 2.75) is 42.9 Å². The summed E-state index contributed by atoms with van der Waals surface area (Å²) < 4.78 is 70.3. The molecular formula is C31H31F3N2O4S. The second kappa shape index (κ2) is 11.8. The van der Waals surface area contributed by atoms with Crippen molar-refractivity contribution in [2.75, 3.05) is 31.3 Å². The van der Waals surface area contributed by atoms with Crippen LogP contribution in [0.25, 0.3) is 17.2 Å². The normalized spacial score (nSPS) is 17.4. The van der Waals surface area contributed by atoms with Gasteiger partial charge in [-0.05, 0) is 91.0 Å². The minimum atomic E-state index is -4.45. The third-order valence-electron chi connectivity index (χ3n) is 7.61. The van der Waals surface area contributed by atoms with Gasteiger partial charge in [-0.3, -0.25) is 9.69 Å². The number of amides is 1. The summed E-state index contributed by atoms with van der Waals surface area (Å²) in [5.74, 6) is -0.629. The first kappa shape index (κ1) is 29.0. The van der Waals surface area contributed by atoms with Crippen LogP contribution in [0.15, 0.2) is 77.2 Å². The van der Waals surface area contributed by atoms with Gasteiger partial charge in [0.2, 0.25) is 0 Å². The fraction of sp³-hybridized carbons (Fsp3) is 0.323. The molecule has 2 heterocycles. The van der Waals surface area contributed by atoms with Crippen LogP contribution in [0, 0.1) is 0 Å². The van der Waals surface area contributed by atoms with Crippen LogP contribution in [0.4, 0.5) is 18.9 Å². The number of hydrogen-bond donors (Lipinski definition) is 1. The number of carbonyl (C=O) groups excluding carboxylic acids is 1. The number of benzene rings is 3. The van der Waals surface area contributed by atoms with E-state index in [4.69, 9.17) is 4.74 Å². The highest BCUT2D eigenvalue weighted by atomic mass is 32.2. The lowest BCUT2D eigenvalue weighted by Crippen LogP contribution is -2.36. The zero-order chi connectivity index (χ0) is 29.2. The van der Waals surface area contributed by atoms with Crippen LogP contribution < -0.4 is 5.32 Å². The lowest BCUT2D eigenvalue weighted by atomic mass is 10.00. The van der Waals surface area contributed by atoms with Crippen molar-refractivity contribution in [2.24, 2.45) is 0 Å². The van der Waals surface area contributed by atoms with E-state index in [1.165, 1.54) is 18.2 Å². The molecule has 3 aromatic carbocycles. The summed E-state index contributed by atoms with van der Waals surface area (Å²) in [5, 5.41) is 2.87. The molecule has 2 aliphatic heterocycles. The number of sulfone groups is 1.